The van der Waals surface area contributed by atoms with Gasteiger partial charge in [0.1, 0.15) is 0 Å². The van der Waals surface area contributed by atoms with E-state index in [9.17, 15) is 0 Å². The number of halogens is 2. The normalized spacial score (nSPS) is 15.1. The van der Waals surface area contributed by atoms with Gasteiger partial charge >= 0.3 is 0 Å². The zero-order valence-corrected chi connectivity index (χ0v) is 8.05. The van der Waals surface area contributed by atoms with Crippen LogP contribution in [0, 0.1) is 0 Å². The predicted molar refractivity (Wildman–Crippen MR) is 48.5 cm³/mol. The van der Waals surface area contributed by atoms with E-state index in [1.807, 2.05) is 26.8 Å². The van der Waals surface area contributed by atoms with E-state index in [0.717, 1.165) is 22.1 Å². The topological polar surface area (TPSA) is 0 Å². The summed E-state index contributed by atoms with van der Waals surface area (Å²) in [6.07, 6.45) is 2.74. The molecular weight excluding hydrogens is 167 g/mol. The maximum Gasteiger partial charge on any atom is 0.0406 e. The van der Waals surface area contributed by atoms with Gasteiger partial charge in [0.05, 0.1) is 0 Å². The molecule has 0 aliphatic heterocycles. The lowest BCUT2D eigenvalue weighted by atomic mass is 10.2. The van der Waals surface area contributed by atoms with Crippen LogP contribution in [0.3, 0.4) is 0 Å². The van der Waals surface area contributed by atoms with E-state index in [-0.39, 0.29) is 0 Å². The van der Waals surface area contributed by atoms with Crippen LogP contribution in [-0.4, -0.2) is 0 Å². The Balaban J connectivity index is 4.54. The van der Waals surface area contributed by atoms with Crippen LogP contribution in [0.25, 0.3) is 0 Å². The van der Waals surface area contributed by atoms with Gasteiger partial charge in [0.15, 0.2) is 0 Å². The highest BCUT2D eigenvalue weighted by Gasteiger charge is 2.00. The number of hydrogen-bond acceptors (Lipinski definition) is 0. The van der Waals surface area contributed by atoms with Gasteiger partial charge in [0.2, 0.25) is 0 Å². The van der Waals surface area contributed by atoms with Crippen molar-refractivity contribution in [1.29, 1.82) is 0 Å². The third-order valence-corrected chi connectivity index (χ3v) is 1.99. The number of hydrogen-bond donors (Lipinski definition) is 0. The van der Waals surface area contributed by atoms with Crippen molar-refractivity contribution in [3.8, 4) is 0 Å². The molecular formula is C8H12Cl2. The molecule has 0 rings (SSSR count). The summed E-state index contributed by atoms with van der Waals surface area (Å²) in [4.78, 5) is 0. The zero-order chi connectivity index (χ0) is 8.15. The molecule has 0 fully saturated rings. The summed E-state index contributed by atoms with van der Waals surface area (Å²) in [6.45, 7) is 5.79. The predicted octanol–water partition coefficient (Wildman–Crippen LogP) is 4.05. The van der Waals surface area contributed by atoms with Crippen molar-refractivity contribution in [3.05, 3.63) is 21.7 Å². The highest BCUT2D eigenvalue weighted by molar-refractivity contribution is 6.35. The van der Waals surface area contributed by atoms with E-state index in [2.05, 4.69) is 0 Å². The molecule has 0 atom stereocenters. The number of allylic oxidation sites excluding steroid dienone is 4. The van der Waals surface area contributed by atoms with Crippen molar-refractivity contribution in [3.63, 3.8) is 0 Å². The van der Waals surface area contributed by atoms with Crippen LogP contribution in [0.5, 0.6) is 0 Å². The summed E-state index contributed by atoms with van der Waals surface area (Å²) < 4.78 is 0. The maximum absolute atomic E-state index is 5.85. The van der Waals surface area contributed by atoms with Gasteiger partial charge in [-0.05, 0) is 25.8 Å². The Bertz CT molecular complexity index is 156. The average Bonchev–Trinajstić information content (AvgIpc) is 1.88. The molecule has 0 saturated heterocycles. The maximum atomic E-state index is 5.85. The van der Waals surface area contributed by atoms with E-state index < -0.39 is 0 Å². The minimum atomic E-state index is 0.759. The molecule has 0 aromatic carbocycles. The summed E-state index contributed by atoms with van der Waals surface area (Å²) in [5.41, 5.74) is 1.03. The van der Waals surface area contributed by atoms with Crippen molar-refractivity contribution >= 4 is 23.2 Å². The Morgan fingerprint density at radius 2 is 1.90 bits per heavy atom. The fourth-order valence-corrected chi connectivity index (χ4v) is 1.31. The van der Waals surface area contributed by atoms with Crippen molar-refractivity contribution in [2.24, 2.45) is 0 Å². The molecule has 0 unspecified atom stereocenters. The lowest BCUT2D eigenvalue weighted by Gasteiger charge is -2.02. The van der Waals surface area contributed by atoms with Crippen molar-refractivity contribution in [2.75, 3.05) is 0 Å². The number of rotatable bonds is 2. The third kappa shape index (κ3) is 2.76. The molecule has 0 bridgehead atoms. The Hall–Kier alpha value is 0.0600. The first-order valence-electron chi connectivity index (χ1n) is 3.30. The van der Waals surface area contributed by atoms with Crippen LogP contribution >= 0.6 is 23.2 Å². The third-order valence-electron chi connectivity index (χ3n) is 1.31. The first-order valence-corrected chi connectivity index (χ1v) is 4.06. The lowest BCUT2D eigenvalue weighted by Crippen LogP contribution is -1.82. The minimum Gasteiger partial charge on any atom is -0.0891 e. The lowest BCUT2D eigenvalue weighted by molar-refractivity contribution is 1.12. The molecule has 10 heavy (non-hydrogen) atoms. The van der Waals surface area contributed by atoms with E-state index in [4.69, 9.17) is 23.2 Å². The van der Waals surface area contributed by atoms with Gasteiger partial charge in [-0.25, -0.2) is 0 Å². The Morgan fingerprint density at radius 3 is 2.00 bits per heavy atom. The summed E-state index contributed by atoms with van der Waals surface area (Å²) in [6, 6.07) is 0. The second kappa shape index (κ2) is 4.81. The molecule has 58 valence electrons. The summed E-state index contributed by atoms with van der Waals surface area (Å²) in [7, 11) is 0. The smallest absolute Gasteiger partial charge is 0.0406 e. The fraction of sp³-hybridized carbons (Fsp3) is 0.500. The Kier molecular flexibility index (Phi) is 4.84. The van der Waals surface area contributed by atoms with Crippen molar-refractivity contribution in [1.82, 2.24) is 0 Å². The van der Waals surface area contributed by atoms with Crippen molar-refractivity contribution in [2.45, 2.75) is 27.2 Å². The van der Waals surface area contributed by atoms with Crippen LogP contribution in [-0.2, 0) is 0 Å². The first kappa shape index (κ1) is 10.1. The van der Waals surface area contributed by atoms with Crippen LogP contribution in [0.2, 0.25) is 0 Å². The molecule has 0 radical (unpaired) electrons. The molecule has 0 aliphatic carbocycles. The quantitative estimate of drug-likeness (QED) is 0.561. The fourth-order valence-electron chi connectivity index (χ4n) is 0.751. The Morgan fingerprint density at radius 1 is 1.40 bits per heavy atom. The summed E-state index contributed by atoms with van der Waals surface area (Å²) in [5, 5.41) is 1.54. The van der Waals surface area contributed by atoms with E-state index >= 15 is 0 Å². The van der Waals surface area contributed by atoms with Gasteiger partial charge in [-0.15, -0.1) is 0 Å². The highest BCUT2D eigenvalue weighted by Crippen LogP contribution is 2.23. The van der Waals surface area contributed by atoms with Gasteiger partial charge in [-0.1, -0.05) is 36.2 Å². The van der Waals surface area contributed by atoms with E-state index in [1.54, 1.807) is 0 Å². The van der Waals surface area contributed by atoms with E-state index in [0.29, 0.717) is 0 Å². The largest absolute Gasteiger partial charge is 0.0891 e. The van der Waals surface area contributed by atoms with Crippen LogP contribution in [0.1, 0.15) is 27.2 Å². The molecule has 0 nitrogen and oxygen atoms in total. The highest BCUT2D eigenvalue weighted by atomic mass is 35.5. The zero-order valence-electron chi connectivity index (χ0n) is 6.54. The minimum absolute atomic E-state index is 0.759. The second-order valence-corrected chi connectivity index (χ2v) is 2.98. The molecule has 0 aromatic rings. The van der Waals surface area contributed by atoms with Gasteiger partial charge in [0, 0.05) is 10.1 Å². The molecule has 0 spiro atoms. The summed E-state index contributed by atoms with van der Waals surface area (Å²) >= 11 is 11.6. The summed E-state index contributed by atoms with van der Waals surface area (Å²) in [5.74, 6) is 0. The molecule has 0 amide bonds. The first-order chi connectivity index (χ1) is 4.63. The average molecular weight is 179 g/mol. The van der Waals surface area contributed by atoms with Crippen LogP contribution in [0.15, 0.2) is 21.7 Å². The van der Waals surface area contributed by atoms with Gasteiger partial charge in [0.25, 0.3) is 0 Å². The van der Waals surface area contributed by atoms with Gasteiger partial charge in [-0.3, -0.25) is 0 Å². The molecule has 0 heterocycles. The molecule has 0 N–H and O–H groups in total. The standard InChI is InChI=1S/C8H12Cl2/c1-4-7(6(3)9)8(10)5-2/h5H,4H2,1-3H3/b7-6+,8-5+. The van der Waals surface area contributed by atoms with E-state index in [1.165, 1.54) is 0 Å². The van der Waals surface area contributed by atoms with Gasteiger partial charge in [-0.2, -0.15) is 0 Å². The van der Waals surface area contributed by atoms with Crippen molar-refractivity contribution < 1.29 is 0 Å². The SMILES string of the molecule is C/C=C(Cl)\C(CC)=C(/C)Cl. The molecule has 0 aromatic heterocycles. The molecule has 2 heteroatoms. The second-order valence-electron chi connectivity index (χ2n) is 2.00. The van der Waals surface area contributed by atoms with Gasteiger partial charge < -0.3 is 0 Å². The molecule has 0 saturated carbocycles. The van der Waals surface area contributed by atoms with Crippen LogP contribution in [0.4, 0.5) is 0 Å². The molecule has 0 aliphatic rings. The monoisotopic (exact) mass is 178 g/mol. The van der Waals surface area contributed by atoms with Crippen LogP contribution < -0.4 is 0 Å². The Labute approximate surface area is 72.5 Å².